The molecular formula is C21H23N3O2S. The van der Waals surface area contributed by atoms with Crippen molar-refractivity contribution in [1.29, 1.82) is 0 Å². The smallest absolute Gasteiger partial charge is 0.241 e. The van der Waals surface area contributed by atoms with E-state index in [-0.39, 0.29) is 18.4 Å². The summed E-state index contributed by atoms with van der Waals surface area (Å²) in [5.41, 5.74) is 2.25. The lowest BCUT2D eigenvalue weighted by atomic mass is 10.2. The van der Waals surface area contributed by atoms with Gasteiger partial charge >= 0.3 is 0 Å². The number of hydrogen-bond acceptors (Lipinski definition) is 4. The fourth-order valence-electron chi connectivity index (χ4n) is 3.58. The highest BCUT2D eigenvalue weighted by atomic mass is 32.2. The molecule has 2 amide bonds. The number of nitrogens with one attached hydrogen (secondary N) is 1. The summed E-state index contributed by atoms with van der Waals surface area (Å²) in [5, 5.41) is 2.78. The Morgan fingerprint density at radius 1 is 0.926 bits per heavy atom. The molecule has 0 aliphatic carbocycles. The Labute approximate surface area is 163 Å². The van der Waals surface area contributed by atoms with Crippen LogP contribution in [0.25, 0.3) is 0 Å². The SMILES string of the molecule is O=C(CCN1c2ccccc2Sc2ccccc21)NCC(=O)N1CCCC1. The molecule has 0 radical (unpaired) electrons. The Morgan fingerprint density at radius 2 is 1.52 bits per heavy atom. The van der Waals surface area contributed by atoms with Gasteiger partial charge in [-0.25, -0.2) is 0 Å². The van der Waals surface area contributed by atoms with Crippen molar-refractivity contribution < 1.29 is 9.59 Å². The molecular weight excluding hydrogens is 358 g/mol. The molecule has 27 heavy (non-hydrogen) atoms. The fourth-order valence-corrected chi connectivity index (χ4v) is 4.67. The van der Waals surface area contributed by atoms with Crippen molar-refractivity contribution in [3.8, 4) is 0 Å². The average molecular weight is 382 g/mol. The molecule has 2 heterocycles. The second kappa shape index (κ2) is 8.05. The van der Waals surface area contributed by atoms with Crippen molar-refractivity contribution in [1.82, 2.24) is 10.2 Å². The minimum Gasteiger partial charge on any atom is -0.347 e. The zero-order valence-electron chi connectivity index (χ0n) is 15.2. The van der Waals surface area contributed by atoms with Gasteiger partial charge < -0.3 is 15.1 Å². The first-order chi connectivity index (χ1) is 13.2. The summed E-state index contributed by atoms with van der Waals surface area (Å²) < 4.78 is 0. The van der Waals surface area contributed by atoms with Crippen LogP contribution in [0, 0.1) is 0 Å². The van der Waals surface area contributed by atoms with E-state index in [2.05, 4.69) is 34.5 Å². The maximum Gasteiger partial charge on any atom is 0.241 e. The van der Waals surface area contributed by atoms with Gasteiger partial charge in [-0.15, -0.1) is 0 Å². The molecule has 0 bridgehead atoms. The number of amides is 2. The fraction of sp³-hybridized carbons (Fsp3) is 0.333. The van der Waals surface area contributed by atoms with Gasteiger partial charge in [-0.1, -0.05) is 36.0 Å². The molecule has 2 aliphatic rings. The number of carbonyl (C=O) groups excluding carboxylic acids is 2. The van der Waals surface area contributed by atoms with E-state index in [9.17, 15) is 9.59 Å². The number of carbonyl (C=O) groups is 2. The lowest BCUT2D eigenvalue weighted by Gasteiger charge is -2.32. The van der Waals surface area contributed by atoms with Gasteiger partial charge in [-0.05, 0) is 37.1 Å². The van der Waals surface area contributed by atoms with Crippen molar-refractivity contribution >= 4 is 35.0 Å². The molecule has 140 valence electrons. The first-order valence-electron chi connectivity index (χ1n) is 9.40. The third-order valence-corrected chi connectivity index (χ3v) is 6.12. The number of hydrogen-bond donors (Lipinski definition) is 1. The molecule has 6 heteroatoms. The molecule has 2 aliphatic heterocycles. The van der Waals surface area contributed by atoms with Crippen LogP contribution in [0.15, 0.2) is 58.3 Å². The molecule has 1 N–H and O–H groups in total. The molecule has 1 fully saturated rings. The van der Waals surface area contributed by atoms with Crippen LogP contribution in [-0.4, -0.2) is 42.9 Å². The van der Waals surface area contributed by atoms with Crippen molar-refractivity contribution in [3.05, 3.63) is 48.5 Å². The summed E-state index contributed by atoms with van der Waals surface area (Å²) >= 11 is 1.76. The van der Waals surface area contributed by atoms with Gasteiger partial charge in [0.25, 0.3) is 0 Å². The van der Waals surface area contributed by atoms with Crippen molar-refractivity contribution in [2.75, 3.05) is 31.1 Å². The standard InChI is InChI=1S/C21H23N3O2S/c25-20(22-15-21(26)23-12-5-6-13-23)11-14-24-16-7-1-3-9-18(16)27-19-10-4-2-8-17(19)24/h1-4,7-10H,5-6,11-15H2,(H,22,25). The first-order valence-corrected chi connectivity index (χ1v) is 10.2. The van der Waals surface area contributed by atoms with E-state index in [1.54, 1.807) is 11.8 Å². The van der Waals surface area contributed by atoms with Crippen LogP contribution in [0.2, 0.25) is 0 Å². The van der Waals surface area contributed by atoms with Crippen LogP contribution in [0.4, 0.5) is 11.4 Å². The van der Waals surface area contributed by atoms with Crippen LogP contribution in [-0.2, 0) is 9.59 Å². The normalized spacial score (nSPS) is 15.3. The molecule has 4 rings (SSSR count). The third kappa shape index (κ3) is 3.95. The van der Waals surface area contributed by atoms with E-state index in [4.69, 9.17) is 0 Å². The number of para-hydroxylation sites is 2. The molecule has 0 saturated carbocycles. The number of likely N-dealkylation sites (tertiary alicyclic amines) is 1. The van der Waals surface area contributed by atoms with E-state index in [0.29, 0.717) is 13.0 Å². The van der Waals surface area contributed by atoms with Crippen LogP contribution >= 0.6 is 11.8 Å². The third-order valence-electron chi connectivity index (χ3n) is 4.99. The number of rotatable bonds is 5. The highest BCUT2D eigenvalue weighted by molar-refractivity contribution is 7.99. The lowest BCUT2D eigenvalue weighted by molar-refractivity contribution is -0.132. The van der Waals surface area contributed by atoms with Gasteiger partial charge in [-0.3, -0.25) is 9.59 Å². The summed E-state index contributed by atoms with van der Waals surface area (Å²) in [5.74, 6) is -0.0679. The predicted molar refractivity (Wildman–Crippen MR) is 107 cm³/mol. The molecule has 1 saturated heterocycles. The monoisotopic (exact) mass is 381 g/mol. The van der Waals surface area contributed by atoms with Gasteiger partial charge in [0.2, 0.25) is 11.8 Å². The van der Waals surface area contributed by atoms with Crippen LogP contribution in [0.5, 0.6) is 0 Å². The number of benzene rings is 2. The molecule has 0 spiro atoms. The summed E-state index contributed by atoms with van der Waals surface area (Å²) in [6, 6.07) is 16.5. The van der Waals surface area contributed by atoms with E-state index in [1.807, 2.05) is 29.2 Å². The molecule has 0 aromatic heterocycles. The number of nitrogens with zero attached hydrogens (tertiary/aromatic N) is 2. The predicted octanol–water partition coefficient (Wildman–Crippen LogP) is 3.42. The number of fused-ring (bicyclic) bond motifs is 2. The molecule has 2 aromatic rings. The summed E-state index contributed by atoms with van der Waals surface area (Å²) in [7, 11) is 0. The molecule has 5 nitrogen and oxygen atoms in total. The average Bonchev–Trinajstić information content (AvgIpc) is 3.24. The second-order valence-electron chi connectivity index (χ2n) is 6.80. The maximum absolute atomic E-state index is 12.3. The maximum atomic E-state index is 12.3. The molecule has 2 aromatic carbocycles. The lowest BCUT2D eigenvalue weighted by Crippen LogP contribution is -2.39. The molecule has 0 atom stereocenters. The van der Waals surface area contributed by atoms with Gasteiger partial charge in [0.15, 0.2) is 0 Å². The summed E-state index contributed by atoms with van der Waals surface area (Å²) in [6.07, 6.45) is 2.47. The topological polar surface area (TPSA) is 52.7 Å². The van der Waals surface area contributed by atoms with Crippen LogP contribution < -0.4 is 10.2 Å². The zero-order chi connectivity index (χ0) is 18.6. The van der Waals surface area contributed by atoms with Gasteiger partial charge in [-0.2, -0.15) is 0 Å². The van der Waals surface area contributed by atoms with E-state index in [0.717, 1.165) is 37.3 Å². The van der Waals surface area contributed by atoms with Gasteiger partial charge in [0, 0.05) is 35.8 Å². The van der Waals surface area contributed by atoms with Crippen molar-refractivity contribution in [3.63, 3.8) is 0 Å². The highest BCUT2D eigenvalue weighted by Crippen LogP contribution is 2.47. The Balaban J connectivity index is 1.39. The largest absolute Gasteiger partial charge is 0.347 e. The molecule has 0 unspecified atom stereocenters. The highest BCUT2D eigenvalue weighted by Gasteiger charge is 2.23. The van der Waals surface area contributed by atoms with E-state index in [1.165, 1.54) is 9.79 Å². The Hall–Kier alpha value is -2.47. The van der Waals surface area contributed by atoms with Crippen molar-refractivity contribution in [2.24, 2.45) is 0 Å². The quantitative estimate of drug-likeness (QED) is 0.862. The first kappa shape index (κ1) is 17.9. The van der Waals surface area contributed by atoms with Crippen LogP contribution in [0.1, 0.15) is 19.3 Å². The summed E-state index contributed by atoms with van der Waals surface area (Å²) in [4.78, 5) is 30.8. The van der Waals surface area contributed by atoms with E-state index >= 15 is 0 Å². The minimum absolute atomic E-state index is 0.0194. The number of anilines is 2. The minimum atomic E-state index is -0.0873. The Bertz CT molecular complexity index is 803. The summed E-state index contributed by atoms with van der Waals surface area (Å²) in [6.45, 7) is 2.31. The Morgan fingerprint density at radius 3 is 2.15 bits per heavy atom. The second-order valence-corrected chi connectivity index (χ2v) is 7.89. The van der Waals surface area contributed by atoms with Crippen molar-refractivity contribution in [2.45, 2.75) is 29.1 Å². The van der Waals surface area contributed by atoms with E-state index < -0.39 is 0 Å². The van der Waals surface area contributed by atoms with Gasteiger partial charge in [0.05, 0.1) is 17.9 Å². The van der Waals surface area contributed by atoms with Gasteiger partial charge in [0.1, 0.15) is 0 Å². The Kier molecular flexibility index (Phi) is 5.34. The van der Waals surface area contributed by atoms with Crippen LogP contribution in [0.3, 0.4) is 0 Å². The zero-order valence-corrected chi connectivity index (χ0v) is 16.0.